The molecule has 0 saturated heterocycles. The van der Waals surface area contributed by atoms with E-state index >= 15 is 0 Å². The van der Waals surface area contributed by atoms with Crippen LogP contribution in [0.5, 0.6) is 0 Å². The van der Waals surface area contributed by atoms with E-state index in [1.54, 1.807) is 18.2 Å². The fraction of sp³-hybridized carbons (Fsp3) is 0.462. The molecule has 1 rings (SSSR count). The highest BCUT2D eigenvalue weighted by Crippen LogP contribution is 2.18. The Morgan fingerprint density at radius 2 is 2.06 bits per heavy atom. The second-order valence-corrected chi connectivity index (χ2v) is 5.56. The highest BCUT2D eigenvalue weighted by Gasteiger charge is 2.21. The van der Waals surface area contributed by atoms with Crippen LogP contribution < -0.4 is 11.1 Å². The predicted octanol–water partition coefficient (Wildman–Crippen LogP) is 1.99. The fourth-order valence-corrected chi connectivity index (χ4v) is 1.45. The van der Waals surface area contributed by atoms with Gasteiger partial charge in [0, 0.05) is 22.8 Å². The third kappa shape index (κ3) is 3.62. The Kier molecular flexibility index (Phi) is 4.59. The van der Waals surface area contributed by atoms with Crippen LogP contribution >= 0.6 is 11.6 Å². The highest BCUT2D eigenvalue weighted by atomic mass is 35.5. The quantitative estimate of drug-likeness (QED) is 0.822. The van der Waals surface area contributed by atoms with Gasteiger partial charge in [0.15, 0.2) is 0 Å². The number of nitrogen functional groups attached to an aromatic ring is 1. The van der Waals surface area contributed by atoms with Crippen LogP contribution in [-0.4, -0.2) is 37.0 Å². The number of amides is 1. The minimum Gasteiger partial charge on any atom is -0.398 e. The zero-order valence-corrected chi connectivity index (χ0v) is 12.0. The van der Waals surface area contributed by atoms with Crippen molar-refractivity contribution in [2.24, 2.45) is 0 Å². The predicted molar refractivity (Wildman–Crippen MR) is 76.0 cm³/mol. The molecule has 1 amide bonds. The summed E-state index contributed by atoms with van der Waals surface area (Å²) in [5.41, 5.74) is 6.48. The van der Waals surface area contributed by atoms with Gasteiger partial charge in [0.05, 0.1) is 5.56 Å². The van der Waals surface area contributed by atoms with Gasteiger partial charge in [0.25, 0.3) is 5.91 Å². The van der Waals surface area contributed by atoms with E-state index in [0.29, 0.717) is 22.8 Å². The van der Waals surface area contributed by atoms with Crippen molar-refractivity contribution in [1.82, 2.24) is 10.2 Å². The van der Waals surface area contributed by atoms with Gasteiger partial charge in [-0.3, -0.25) is 4.79 Å². The minimum atomic E-state index is -0.204. The fourth-order valence-electron chi connectivity index (χ4n) is 1.28. The van der Waals surface area contributed by atoms with E-state index in [-0.39, 0.29) is 11.4 Å². The summed E-state index contributed by atoms with van der Waals surface area (Å²) in [6, 6.07) is 4.88. The monoisotopic (exact) mass is 269 g/mol. The maximum absolute atomic E-state index is 12.0. The van der Waals surface area contributed by atoms with Gasteiger partial charge >= 0.3 is 0 Å². The van der Waals surface area contributed by atoms with Crippen molar-refractivity contribution < 1.29 is 4.79 Å². The summed E-state index contributed by atoms with van der Waals surface area (Å²) in [6.07, 6.45) is 0. The number of carbonyl (C=O) groups is 1. The molecule has 0 saturated carbocycles. The van der Waals surface area contributed by atoms with Crippen LogP contribution in [0.4, 0.5) is 5.69 Å². The molecule has 1 aromatic rings. The Hall–Kier alpha value is -1.26. The van der Waals surface area contributed by atoms with Gasteiger partial charge in [-0.15, -0.1) is 0 Å². The van der Waals surface area contributed by atoms with Gasteiger partial charge in [-0.25, -0.2) is 0 Å². The summed E-state index contributed by atoms with van der Waals surface area (Å²) in [6.45, 7) is 4.63. The Morgan fingerprint density at radius 1 is 1.44 bits per heavy atom. The molecule has 1 aromatic carbocycles. The molecular formula is C13H20ClN3O. The van der Waals surface area contributed by atoms with Gasteiger partial charge in [-0.2, -0.15) is 0 Å². The lowest BCUT2D eigenvalue weighted by Crippen LogP contribution is -2.48. The van der Waals surface area contributed by atoms with E-state index in [2.05, 4.69) is 24.1 Å². The Morgan fingerprint density at radius 3 is 2.61 bits per heavy atom. The summed E-state index contributed by atoms with van der Waals surface area (Å²) in [7, 11) is 3.94. The van der Waals surface area contributed by atoms with Crippen molar-refractivity contribution in [2.75, 3.05) is 26.4 Å². The van der Waals surface area contributed by atoms with Gasteiger partial charge in [0.2, 0.25) is 0 Å². The van der Waals surface area contributed by atoms with E-state index in [9.17, 15) is 4.79 Å². The first-order valence-electron chi connectivity index (χ1n) is 5.74. The molecule has 0 aromatic heterocycles. The van der Waals surface area contributed by atoms with Crippen LogP contribution in [0.2, 0.25) is 5.02 Å². The van der Waals surface area contributed by atoms with E-state index in [4.69, 9.17) is 17.3 Å². The number of nitrogens with zero attached hydrogens (tertiary/aromatic N) is 1. The molecule has 0 bridgehead atoms. The van der Waals surface area contributed by atoms with E-state index in [0.717, 1.165) is 0 Å². The largest absolute Gasteiger partial charge is 0.398 e. The number of nitrogens with one attached hydrogen (secondary N) is 1. The average Bonchev–Trinajstić information content (AvgIpc) is 2.29. The molecule has 0 aliphatic heterocycles. The maximum atomic E-state index is 12.0. The third-order valence-corrected chi connectivity index (χ3v) is 3.39. The number of likely N-dealkylation sites (N-methyl/N-ethyl adjacent to an activating group) is 1. The number of hydrogen-bond donors (Lipinski definition) is 2. The van der Waals surface area contributed by atoms with Crippen molar-refractivity contribution in [3.05, 3.63) is 28.8 Å². The maximum Gasteiger partial charge on any atom is 0.253 e. The molecule has 0 spiro atoms. The standard InChI is InChI=1S/C13H20ClN3O/c1-13(2,17(3)4)8-16-12(18)10-7-9(14)5-6-11(10)15/h5-7H,8,15H2,1-4H3,(H,16,18). The molecule has 0 aliphatic carbocycles. The number of anilines is 1. The second kappa shape index (κ2) is 5.59. The summed E-state index contributed by atoms with van der Waals surface area (Å²) in [5.74, 6) is -0.204. The summed E-state index contributed by atoms with van der Waals surface area (Å²) in [4.78, 5) is 14.1. The second-order valence-electron chi connectivity index (χ2n) is 5.12. The lowest BCUT2D eigenvalue weighted by molar-refractivity contribution is 0.0920. The molecule has 0 heterocycles. The number of carbonyl (C=O) groups excluding carboxylic acids is 1. The normalized spacial score (nSPS) is 11.7. The Bertz CT molecular complexity index is 444. The van der Waals surface area contributed by atoms with Crippen LogP contribution in [-0.2, 0) is 0 Å². The molecule has 0 unspecified atom stereocenters. The minimum absolute atomic E-state index is 0.122. The first-order chi connectivity index (χ1) is 8.24. The first-order valence-corrected chi connectivity index (χ1v) is 6.12. The zero-order chi connectivity index (χ0) is 13.9. The topological polar surface area (TPSA) is 58.4 Å². The van der Waals surface area contributed by atoms with Crippen LogP contribution in [0.25, 0.3) is 0 Å². The van der Waals surface area contributed by atoms with E-state index in [1.165, 1.54) is 0 Å². The molecule has 5 heteroatoms. The molecule has 18 heavy (non-hydrogen) atoms. The Balaban J connectivity index is 2.75. The van der Waals surface area contributed by atoms with Gasteiger partial charge in [-0.1, -0.05) is 11.6 Å². The molecular weight excluding hydrogens is 250 g/mol. The molecule has 4 nitrogen and oxygen atoms in total. The number of hydrogen-bond acceptors (Lipinski definition) is 3. The van der Waals surface area contributed by atoms with Crippen LogP contribution in [0.1, 0.15) is 24.2 Å². The molecule has 100 valence electrons. The van der Waals surface area contributed by atoms with E-state index in [1.807, 2.05) is 14.1 Å². The highest BCUT2D eigenvalue weighted by molar-refractivity contribution is 6.31. The molecule has 3 N–H and O–H groups in total. The lowest BCUT2D eigenvalue weighted by atomic mass is 10.0. The summed E-state index contributed by atoms with van der Waals surface area (Å²) < 4.78 is 0. The molecule has 0 fully saturated rings. The van der Waals surface area contributed by atoms with E-state index < -0.39 is 0 Å². The van der Waals surface area contributed by atoms with Crippen molar-refractivity contribution in [2.45, 2.75) is 19.4 Å². The van der Waals surface area contributed by atoms with Crippen molar-refractivity contribution in [1.29, 1.82) is 0 Å². The average molecular weight is 270 g/mol. The van der Waals surface area contributed by atoms with Gasteiger partial charge in [-0.05, 0) is 46.1 Å². The van der Waals surface area contributed by atoms with Crippen LogP contribution in [0, 0.1) is 0 Å². The number of benzene rings is 1. The van der Waals surface area contributed by atoms with Gasteiger partial charge < -0.3 is 16.0 Å². The number of halogens is 1. The van der Waals surface area contributed by atoms with Crippen molar-refractivity contribution in [3.63, 3.8) is 0 Å². The third-order valence-electron chi connectivity index (χ3n) is 3.15. The van der Waals surface area contributed by atoms with Crippen LogP contribution in [0.3, 0.4) is 0 Å². The number of rotatable bonds is 4. The van der Waals surface area contributed by atoms with Crippen LogP contribution in [0.15, 0.2) is 18.2 Å². The van der Waals surface area contributed by atoms with Crippen molar-refractivity contribution >= 4 is 23.2 Å². The lowest BCUT2D eigenvalue weighted by Gasteiger charge is -2.32. The van der Waals surface area contributed by atoms with Gasteiger partial charge in [0.1, 0.15) is 0 Å². The zero-order valence-electron chi connectivity index (χ0n) is 11.2. The summed E-state index contributed by atoms with van der Waals surface area (Å²) >= 11 is 5.86. The number of nitrogens with two attached hydrogens (primary N) is 1. The SMILES string of the molecule is CN(C)C(C)(C)CNC(=O)c1cc(Cl)ccc1N. The summed E-state index contributed by atoms with van der Waals surface area (Å²) in [5, 5.41) is 3.37. The molecule has 0 aliphatic rings. The van der Waals surface area contributed by atoms with Crippen molar-refractivity contribution in [3.8, 4) is 0 Å². The molecule has 0 radical (unpaired) electrons. The molecule has 0 atom stereocenters. The first kappa shape index (κ1) is 14.8. The smallest absolute Gasteiger partial charge is 0.253 e. The Labute approximate surface area is 113 Å².